The van der Waals surface area contributed by atoms with E-state index in [1.807, 2.05) is 11.8 Å². The fraction of sp³-hybridized carbons (Fsp3) is 0.375. The zero-order valence-corrected chi connectivity index (χ0v) is 17.4. The number of amides is 1. The number of hydrogen-bond acceptors (Lipinski definition) is 6. The smallest absolute Gasteiger partial charge is 0.318 e. The largest absolute Gasteiger partial charge is 0.372 e. The maximum absolute atomic E-state index is 9.67. The highest BCUT2D eigenvalue weighted by atomic mass is 32.2. The normalized spacial score (nSPS) is 12.7. The molecular weight excluding hydrogens is 392 g/mol. The first-order valence-corrected chi connectivity index (χ1v) is 10.2. The van der Waals surface area contributed by atoms with Crippen molar-refractivity contribution in [2.24, 2.45) is 10.1 Å². The molecule has 1 aromatic rings. The zero-order valence-electron chi connectivity index (χ0n) is 15.0. The molecule has 0 saturated carbocycles. The maximum atomic E-state index is 9.67. The number of aryl methyl sites for hydroxylation is 1. The van der Waals surface area contributed by atoms with Crippen LogP contribution in [0.1, 0.15) is 30.5 Å². The van der Waals surface area contributed by atoms with Gasteiger partial charge in [-0.15, -0.1) is 16.1 Å². The molecule has 1 aromatic carbocycles. The van der Waals surface area contributed by atoms with Gasteiger partial charge in [-0.2, -0.15) is 8.42 Å². The third kappa shape index (κ3) is 10.2. The SMILES string of the molecule is CCC(c1ccc(C)cc1)N1C=CSC1.CNC(=S)N=S(=O)=O.NC=O. The van der Waals surface area contributed by atoms with Gasteiger partial charge in [-0.3, -0.25) is 4.79 Å². The van der Waals surface area contributed by atoms with E-state index in [-0.39, 0.29) is 11.5 Å². The molecular formula is C16H24N4O3S3. The van der Waals surface area contributed by atoms with Gasteiger partial charge in [0.2, 0.25) is 11.5 Å². The van der Waals surface area contributed by atoms with E-state index in [0.29, 0.717) is 6.04 Å². The molecule has 0 spiro atoms. The Kier molecular flexibility index (Phi) is 13.2. The summed E-state index contributed by atoms with van der Waals surface area (Å²) >= 11 is 6.23. The monoisotopic (exact) mass is 416 g/mol. The summed E-state index contributed by atoms with van der Waals surface area (Å²) in [4.78, 5) is 11.0. The molecule has 0 aliphatic carbocycles. The van der Waals surface area contributed by atoms with Crippen molar-refractivity contribution in [3.05, 3.63) is 47.0 Å². The van der Waals surface area contributed by atoms with Crippen LogP contribution in [0.4, 0.5) is 0 Å². The molecule has 1 aliphatic rings. The summed E-state index contributed by atoms with van der Waals surface area (Å²) in [6, 6.07) is 9.44. The summed E-state index contributed by atoms with van der Waals surface area (Å²) in [6.07, 6.45) is 3.62. The van der Waals surface area contributed by atoms with Crippen LogP contribution in [0, 0.1) is 6.92 Å². The van der Waals surface area contributed by atoms with E-state index in [9.17, 15) is 8.42 Å². The molecule has 7 nitrogen and oxygen atoms in total. The van der Waals surface area contributed by atoms with Crippen LogP contribution < -0.4 is 11.1 Å². The molecule has 2 rings (SSSR count). The van der Waals surface area contributed by atoms with Gasteiger partial charge in [0, 0.05) is 13.2 Å². The first-order chi connectivity index (χ1) is 12.4. The molecule has 1 aliphatic heterocycles. The molecule has 3 N–H and O–H groups in total. The maximum Gasteiger partial charge on any atom is 0.318 e. The Labute approximate surface area is 165 Å². The lowest BCUT2D eigenvalue weighted by Gasteiger charge is -2.26. The average Bonchev–Trinajstić information content (AvgIpc) is 3.12. The number of rotatable bonds is 3. The number of thioether (sulfide) groups is 1. The number of nitrogens with zero attached hydrogens (tertiary/aromatic N) is 2. The van der Waals surface area contributed by atoms with Crippen molar-refractivity contribution >= 4 is 46.0 Å². The van der Waals surface area contributed by atoms with Gasteiger partial charge in [0.15, 0.2) is 0 Å². The van der Waals surface area contributed by atoms with Crippen LogP contribution in [0.2, 0.25) is 0 Å². The van der Waals surface area contributed by atoms with Crippen LogP contribution in [-0.4, -0.2) is 37.8 Å². The Morgan fingerprint density at radius 1 is 1.46 bits per heavy atom. The molecule has 0 aromatic heterocycles. The number of carbonyl (C=O) groups is 1. The summed E-state index contributed by atoms with van der Waals surface area (Å²) in [7, 11) is -0.926. The molecule has 0 fully saturated rings. The van der Waals surface area contributed by atoms with Crippen LogP contribution in [-0.2, 0) is 15.3 Å². The second-order valence-corrected chi connectivity index (χ2v) is 6.80. The summed E-state index contributed by atoms with van der Waals surface area (Å²) < 4.78 is 22.3. The van der Waals surface area contributed by atoms with Crippen molar-refractivity contribution in [3.63, 3.8) is 0 Å². The van der Waals surface area contributed by atoms with Crippen molar-refractivity contribution in [1.29, 1.82) is 0 Å². The Hall–Kier alpha value is -1.91. The van der Waals surface area contributed by atoms with Gasteiger partial charge in [0.25, 0.3) is 0 Å². The minimum Gasteiger partial charge on any atom is -0.372 e. The molecule has 1 amide bonds. The highest BCUT2D eigenvalue weighted by molar-refractivity contribution is 8.02. The second kappa shape index (κ2) is 14.3. The average molecular weight is 417 g/mol. The predicted molar refractivity (Wildman–Crippen MR) is 111 cm³/mol. The van der Waals surface area contributed by atoms with Gasteiger partial charge < -0.3 is 16.0 Å². The topological polar surface area (TPSA) is 105 Å². The lowest BCUT2D eigenvalue weighted by Crippen LogP contribution is -2.20. The summed E-state index contributed by atoms with van der Waals surface area (Å²) in [5, 5.41) is 4.52. The van der Waals surface area contributed by atoms with Gasteiger partial charge in [-0.1, -0.05) is 36.8 Å². The molecule has 26 heavy (non-hydrogen) atoms. The number of nitrogens with one attached hydrogen (secondary N) is 1. The number of primary amides is 1. The Morgan fingerprint density at radius 2 is 2.04 bits per heavy atom. The molecule has 144 valence electrons. The van der Waals surface area contributed by atoms with Gasteiger partial charge in [-0.25, -0.2) is 0 Å². The third-order valence-corrected chi connectivity index (χ3v) is 4.70. The van der Waals surface area contributed by atoms with Gasteiger partial charge in [0.1, 0.15) is 0 Å². The van der Waals surface area contributed by atoms with E-state index < -0.39 is 10.5 Å². The van der Waals surface area contributed by atoms with E-state index in [4.69, 9.17) is 4.79 Å². The number of carbonyl (C=O) groups excluding carboxylic acids is 1. The van der Waals surface area contributed by atoms with Crippen LogP contribution in [0.25, 0.3) is 0 Å². The number of benzene rings is 1. The van der Waals surface area contributed by atoms with Crippen molar-refractivity contribution in [1.82, 2.24) is 10.2 Å². The Morgan fingerprint density at radius 3 is 2.38 bits per heavy atom. The van der Waals surface area contributed by atoms with E-state index >= 15 is 0 Å². The molecule has 1 unspecified atom stereocenters. The first kappa shape index (κ1) is 24.1. The van der Waals surface area contributed by atoms with Crippen LogP contribution >= 0.6 is 24.0 Å². The minimum absolute atomic E-state index is 0.0293. The number of thiocarbonyl (C=S) groups is 1. The third-order valence-electron chi connectivity index (χ3n) is 3.19. The van der Waals surface area contributed by atoms with Crippen molar-refractivity contribution in [2.75, 3.05) is 12.9 Å². The highest BCUT2D eigenvalue weighted by Crippen LogP contribution is 2.30. The molecule has 10 heteroatoms. The number of hydrogen-bond donors (Lipinski definition) is 2. The Balaban J connectivity index is 0.000000483. The van der Waals surface area contributed by atoms with Crippen molar-refractivity contribution in [3.8, 4) is 0 Å². The fourth-order valence-corrected chi connectivity index (χ4v) is 3.23. The van der Waals surface area contributed by atoms with E-state index in [1.54, 1.807) is 0 Å². The van der Waals surface area contributed by atoms with Gasteiger partial charge in [-0.05, 0) is 36.5 Å². The van der Waals surface area contributed by atoms with E-state index in [0.717, 1.165) is 12.3 Å². The lowest BCUT2D eigenvalue weighted by atomic mass is 10.0. The molecule has 1 atom stereocenters. The molecule has 0 radical (unpaired) electrons. The first-order valence-electron chi connectivity index (χ1n) is 7.68. The standard InChI is InChI=1S/C13H17NS.C2H4N2O2S2.CH3NO/c1-3-13(14-8-9-15-10-14)12-6-4-11(2)5-7-12;1-3-2(7)4-8(5)6;2-1-3/h4-9,13H,3,10H2,1-2H3;1H3,(H,3,7);1H,(H2,2,3). The van der Waals surface area contributed by atoms with Gasteiger partial charge in [0.05, 0.1) is 11.9 Å². The van der Waals surface area contributed by atoms with Crippen molar-refractivity contribution in [2.45, 2.75) is 26.3 Å². The molecule has 0 saturated heterocycles. The number of nitrogens with two attached hydrogens (primary N) is 1. The minimum atomic E-state index is -2.42. The van der Waals surface area contributed by atoms with Crippen LogP contribution in [0.5, 0.6) is 0 Å². The second-order valence-electron chi connectivity index (χ2n) is 4.93. The van der Waals surface area contributed by atoms with E-state index in [2.05, 4.69) is 82.3 Å². The summed E-state index contributed by atoms with van der Waals surface area (Å²) in [6.45, 7) is 4.39. The summed E-state index contributed by atoms with van der Waals surface area (Å²) in [5.41, 5.74) is 6.93. The molecule has 1 heterocycles. The quantitative estimate of drug-likeness (QED) is 0.576. The van der Waals surface area contributed by atoms with Crippen LogP contribution in [0.15, 0.2) is 40.2 Å². The Bertz CT molecular complexity index is 711. The zero-order chi connectivity index (χ0) is 19.9. The molecule has 0 bridgehead atoms. The predicted octanol–water partition coefficient (Wildman–Crippen LogP) is 2.58. The van der Waals surface area contributed by atoms with Crippen molar-refractivity contribution < 1.29 is 13.2 Å². The highest BCUT2D eigenvalue weighted by Gasteiger charge is 2.17. The summed E-state index contributed by atoms with van der Waals surface area (Å²) in [5.74, 6) is 1.09. The van der Waals surface area contributed by atoms with Crippen LogP contribution in [0.3, 0.4) is 0 Å². The lowest BCUT2D eigenvalue weighted by molar-refractivity contribution is -0.106. The van der Waals surface area contributed by atoms with E-state index in [1.165, 1.54) is 18.2 Å². The van der Waals surface area contributed by atoms with Gasteiger partial charge >= 0.3 is 10.5 Å². The fourth-order valence-electron chi connectivity index (χ4n) is 2.05.